The fourth-order valence-corrected chi connectivity index (χ4v) is 2.14. The number of aliphatic hydroxyl groups is 3. The Morgan fingerprint density at radius 3 is 2.62 bits per heavy atom. The predicted molar refractivity (Wildman–Crippen MR) is 71.2 cm³/mol. The molecule has 122 valence electrons. The molecule has 0 bridgehead atoms. The number of nitrogens with one attached hydrogen (secondary N) is 1. The van der Waals surface area contributed by atoms with E-state index in [1.54, 1.807) is 0 Å². The zero-order valence-corrected chi connectivity index (χ0v) is 12.0. The Hall–Kier alpha value is -1.06. The van der Waals surface area contributed by atoms with Gasteiger partial charge < -0.3 is 34.9 Å². The van der Waals surface area contributed by atoms with E-state index in [2.05, 4.69) is 5.32 Å². The van der Waals surface area contributed by atoms with Gasteiger partial charge in [-0.15, -0.1) is 0 Å². The van der Waals surface area contributed by atoms with Crippen LogP contribution in [0.15, 0.2) is 0 Å². The summed E-state index contributed by atoms with van der Waals surface area (Å²) in [5.74, 6) is -0.396. The van der Waals surface area contributed by atoms with Crippen molar-refractivity contribution in [2.24, 2.45) is 0 Å². The van der Waals surface area contributed by atoms with Crippen LogP contribution in [0, 0.1) is 0 Å². The number of hydrogen-bond acceptors (Lipinski definition) is 7. The van der Waals surface area contributed by atoms with Gasteiger partial charge in [0.25, 0.3) is 0 Å². The second-order valence-electron chi connectivity index (χ2n) is 4.97. The quantitative estimate of drug-likeness (QED) is 0.311. The Morgan fingerprint density at radius 1 is 1.33 bits per heavy atom. The van der Waals surface area contributed by atoms with Crippen LogP contribution in [0.2, 0.25) is 0 Å². The van der Waals surface area contributed by atoms with Crippen LogP contribution in [0.5, 0.6) is 0 Å². The molecule has 0 aromatic heterocycles. The average molecular weight is 305 g/mol. The van der Waals surface area contributed by atoms with Crippen LogP contribution >= 0.6 is 0 Å². The fraction of sp³-hybridized carbons (Fsp3) is 0.846. The summed E-state index contributed by atoms with van der Waals surface area (Å²) in [7, 11) is 0. The van der Waals surface area contributed by atoms with Gasteiger partial charge in [-0.2, -0.15) is 0 Å². The van der Waals surface area contributed by atoms with Crippen LogP contribution in [0.25, 0.3) is 0 Å². The normalized spacial score (nSPS) is 32.7. The van der Waals surface area contributed by atoms with Crippen LogP contribution in [0.4, 0.5) is 0 Å². The van der Waals surface area contributed by atoms with Crippen LogP contribution in [0.3, 0.4) is 0 Å². The van der Waals surface area contributed by atoms with Crippen LogP contribution in [-0.2, 0) is 19.1 Å². The Kier molecular flexibility index (Phi) is 7.76. The summed E-state index contributed by atoms with van der Waals surface area (Å²) in [6.07, 6.45) is -2.04. The molecule has 1 rings (SSSR count). The van der Waals surface area contributed by atoms with E-state index < -0.39 is 43.2 Å². The maximum atomic E-state index is 11.2. The number of carbonyl (C=O) groups is 2. The highest BCUT2D eigenvalue weighted by Gasteiger charge is 2.45. The zero-order chi connectivity index (χ0) is 15.8. The minimum atomic E-state index is -1.32. The van der Waals surface area contributed by atoms with Gasteiger partial charge in [0.05, 0.1) is 6.61 Å². The summed E-state index contributed by atoms with van der Waals surface area (Å²) in [4.78, 5) is 21.4. The van der Waals surface area contributed by atoms with Gasteiger partial charge in [-0.05, 0) is 12.8 Å². The Labute approximate surface area is 123 Å². The van der Waals surface area contributed by atoms with Gasteiger partial charge >= 0.3 is 0 Å². The van der Waals surface area contributed by atoms with Crippen molar-refractivity contribution in [2.75, 3.05) is 13.2 Å². The van der Waals surface area contributed by atoms with Gasteiger partial charge in [0.15, 0.2) is 6.29 Å². The lowest BCUT2D eigenvalue weighted by Crippen LogP contribution is -2.64. The molecule has 1 aliphatic heterocycles. The number of amides is 1. The molecule has 0 spiro atoms. The fourth-order valence-electron chi connectivity index (χ4n) is 2.14. The maximum absolute atomic E-state index is 11.2. The van der Waals surface area contributed by atoms with Crippen molar-refractivity contribution in [3.8, 4) is 0 Å². The number of aldehydes is 1. The van der Waals surface area contributed by atoms with Crippen molar-refractivity contribution < 1.29 is 34.4 Å². The van der Waals surface area contributed by atoms with Crippen LogP contribution < -0.4 is 5.32 Å². The third kappa shape index (κ3) is 5.33. The Balaban J connectivity index is 2.60. The number of rotatable bonds is 8. The first-order chi connectivity index (χ1) is 10.0. The minimum Gasteiger partial charge on any atom is -0.394 e. The minimum absolute atomic E-state index is 0.273. The monoisotopic (exact) mass is 305 g/mol. The standard InChI is InChI=1S/C13H23NO7/c1-8(17)14-10-12(19)11(18)9(7-16)21-13(10)20-6-4-2-3-5-15/h5,9-13,16,18-19H,2-4,6-7H2,1H3,(H,14,17). The second kappa shape index (κ2) is 9.06. The molecule has 1 saturated heterocycles. The SMILES string of the molecule is CC(=O)NC1C(OCCCCC=O)OC(CO)C(O)C1O. The van der Waals surface area contributed by atoms with E-state index in [1.807, 2.05) is 0 Å². The van der Waals surface area contributed by atoms with Crippen molar-refractivity contribution in [1.82, 2.24) is 5.32 Å². The molecule has 1 fully saturated rings. The van der Waals surface area contributed by atoms with E-state index in [0.717, 1.165) is 6.29 Å². The largest absolute Gasteiger partial charge is 0.394 e. The molecule has 4 N–H and O–H groups in total. The van der Waals surface area contributed by atoms with E-state index in [1.165, 1.54) is 6.92 Å². The highest BCUT2D eigenvalue weighted by Crippen LogP contribution is 2.22. The van der Waals surface area contributed by atoms with Gasteiger partial charge in [0, 0.05) is 20.0 Å². The van der Waals surface area contributed by atoms with Crippen LogP contribution in [-0.4, -0.2) is 71.4 Å². The molecule has 8 heteroatoms. The van der Waals surface area contributed by atoms with E-state index in [0.29, 0.717) is 19.3 Å². The molecule has 1 amide bonds. The number of aliphatic hydroxyl groups excluding tert-OH is 3. The molecular weight excluding hydrogens is 282 g/mol. The number of ether oxygens (including phenoxy) is 2. The van der Waals surface area contributed by atoms with Gasteiger partial charge in [0.2, 0.25) is 5.91 Å². The summed E-state index contributed by atoms with van der Waals surface area (Å²) >= 11 is 0. The van der Waals surface area contributed by atoms with Crippen LogP contribution in [0.1, 0.15) is 26.2 Å². The lowest BCUT2D eigenvalue weighted by molar-refractivity contribution is -0.270. The molecule has 1 aliphatic rings. The van der Waals surface area contributed by atoms with Crippen molar-refractivity contribution >= 4 is 12.2 Å². The lowest BCUT2D eigenvalue weighted by Gasteiger charge is -2.42. The number of hydrogen-bond donors (Lipinski definition) is 4. The number of carbonyl (C=O) groups excluding carboxylic acids is 2. The summed E-state index contributed by atoms with van der Waals surface area (Å²) in [5.41, 5.74) is 0. The molecule has 1 heterocycles. The lowest BCUT2D eigenvalue weighted by atomic mass is 9.97. The molecule has 21 heavy (non-hydrogen) atoms. The third-order valence-electron chi connectivity index (χ3n) is 3.25. The molecule has 5 atom stereocenters. The van der Waals surface area contributed by atoms with E-state index >= 15 is 0 Å². The molecule has 0 saturated carbocycles. The molecule has 0 aromatic rings. The average Bonchev–Trinajstić information content (AvgIpc) is 2.45. The van der Waals surface area contributed by atoms with E-state index in [9.17, 15) is 19.8 Å². The highest BCUT2D eigenvalue weighted by molar-refractivity contribution is 5.73. The van der Waals surface area contributed by atoms with E-state index in [4.69, 9.17) is 14.6 Å². The van der Waals surface area contributed by atoms with Gasteiger partial charge in [-0.25, -0.2) is 0 Å². The van der Waals surface area contributed by atoms with Crippen molar-refractivity contribution in [1.29, 1.82) is 0 Å². The molecule has 0 aromatic carbocycles. The third-order valence-corrected chi connectivity index (χ3v) is 3.25. The van der Waals surface area contributed by atoms with Crippen molar-refractivity contribution in [3.63, 3.8) is 0 Å². The first-order valence-electron chi connectivity index (χ1n) is 6.96. The number of unbranched alkanes of at least 4 members (excludes halogenated alkanes) is 2. The smallest absolute Gasteiger partial charge is 0.217 e. The topological polar surface area (TPSA) is 125 Å². The molecular formula is C13H23NO7. The predicted octanol–water partition coefficient (Wildman–Crippen LogP) is -1.68. The molecule has 0 aliphatic carbocycles. The molecule has 8 nitrogen and oxygen atoms in total. The van der Waals surface area contributed by atoms with E-state index in [-0.39, 0.29) is 6.61 Å². The van der Waals surface area contributed by atoms with Gasteiger partial charge in [0.1, 0.15) is 30.6 Å². The molecule has 0 radical (unpaired) electrons. The summed E-state index contributed by atoms with van der Waals surface area (Å²) < 4.78 is 10.8. The Bertz CT molecular complexity index is 338. The first kappa shape index (κ1) is 18.0. The summed E-state index contributed by atoms with van der Waals surface area (Å²) in [5, 5.41) is 31.4. The maximum Gasteiger partial charge on any atom is 0.217 e. The Morgan fingerprint density at radius 2 is 2.05 bits per heavy atom. The summed E-state index contributed by atoms with van der Waals surface area (Å²) in [6, 6.07) is -0.925. The summed E-state index contributed by atoms with van der Waals surface area (Å²) in [6.45, 7) is 1.07. The van der Waals surface area contributed by atoms with Gasteiger partial charge in [-0.3, -0.25) is 4.79 Å². The van der Waals surface area contributed by atoms with Gasteiger partial charge in [-0.1, -0.05) is 0 Å². The van der Waals surface area contributed by atoms with Crippen molar-refractivity contribution in [2.45, 2.75) is 56.8 Å². The highest BCUT2D eigenvalue weighted by atomic mass is 16.7. The second-order valence-corrected chi connectivity index (χ2v) is 4.97. The van der Waals surface area contributed by atoms with Crippen molar-refractivity contribution in [3.05, 3.63) is 0 Å². The first-order valence-corrected chi connectivity index (χ1v) is 6.96. The molecule has 5 unspecified atom stereocenters. The zero-order valence-electron chi connectivity index (χ0n) is 12.0.